The molecule has 1 aliphatic rings. The Labute approximate surface area is 188 Å². The van der Waals surface area contributed by atoms with Gasteiger partial charge >= 0.3 is 0 Å². The maximum atomic E-state index is 12.2. The minimum absolute atomic E-state index is 0.0731. The number of halogens is 2. The van der Waals surface area contributed by atoms with Gasteiger partial charge in [0.05, 0.1) is 18.7 Å². The molecule has 0 unspecified atom stereocenters. The van der Waals surface area contributed by atoms with E-state index in [0.29, 0.717) is 35.2 Å². The molecule has 30 heavy (non-hydrogen) atoms. The number of hydrogen-bond donors (Lipinski definition) is 1. The predicted molar refractivity (Wildman–Crippen MR) is 121 cm³/mol. The second kappa shape index (κ2) is 11.4. The van der Waals surface area contributed by atoms with Crippen LogP contribution >= 0.6 is 23.2 Å². The smallest absolute Gasteiger partial charge is 0.220 e. The van der Waals surface area contributed by atoms with Gasteiger partial charge in [-0.3, -0.25) is 9.69 Å². The van der Waals surface area contributed by atoms with Crippen LogP contribution in [0.2, 0.25) is 10.0 Å². The molecule has 0 radical (unpaired) electrons. The van der Waals surface area contributed by atoms with E-state index in [-0.39, 0.29) is 11.9 Å². The fourth-order valence-electron chi connectivity index (χ4n) is 3.62. The van der Waals surface area contributed by atoms with Gasteiger partial charge in [-0.05, 0) is 43.5 Å². The van der Waals surface area contributed by atoms with Gasteiger partial charge in [0.25, 0.3) is 0 Å². The Balaban J connectivity index is 1.33. The van der Waals surface area contributed by atoms with Crippen LogP contribution in [0.5, 0.6) is 11.5 Å². The van der Waals surface area contributed by atoms with E-state index < -0.39 is 0 Å². The molecule has 0 bridgehead atoms. The number of nitrogens with one attached hydrogen (secondary N) is 1. The van der Waals surface area contributed by atoms with Gasteiger partial charge in [-0.2, -0.15) is 0 Å². The highest BCUT2D eigenvalue weighted by atomic mass is 35.5. The van der Waals surface area contributed by atoms with Gasteiger partial charge in [-0.25, -0.2) is 0 Å². The molecule has 0 spiro atoms. The summed E-state index contributed by atoms with van der Waals surface area (Å²) in [7, 11) is 1.70. The highest BCUT2D eigenvalue weighted by Crippen LogP contribution is 2.27. The summed E-state index contributed by atoms with van der Waals surface area (Å²) in [6.45, 7) is 3.23. The van der Waals surface area contributed by atoms with Crippen molar-refractivity contribution >= 4 is 29.1 Å². The third-order valence-electron chi connectivity index (χ3n) is 5.24. The largest absolute Gasteiger partial charge is 0.496 e. The maximum absolute atomic E-state index is 12.2. The van der Waals surface area contributed by atoms with Gasteiger partial charge in [-0.1, -0.05) is 41.4 Å². The standard InChI is InChI=1S/C23H28Cl2N2O3/c1-29-21-6-3-2-5-17(21)16-27-12-10-19(11-13-27)26-23(28)7-4-14-30-22-9-8-18(24)15-20(22)25/h2-3,5-6,8-9,15,19H,4,7,10-14,16H2,1H3,(H,26,28). The summed E-state index contributed by atoms with van der Waals surface area (Å²) in [6.07, 6.45) is 2.99. The fourth-order valence-corrected chi connectivity index (χ4v) is 4.08. The van der Waals surface area contributed by atoms with E-state index in [0.717, 1.165) is 38.2 Å². The third-order valence-corrected chi connectivity index (χ3v) is 5.77. The molecule has 0 atom stereocenters. The highest BCUT2D eigenvalue weighted by molar-refractivity contribution is 6.35. The molecule has 7 heteroatoms. The van der Waals surface area contributed by atoms with Crippen molar-refractivity contribution < 1.29 is 14.3 Å². The number of rotatable bonds is 9. The molecule has 5 nitrogen and oxygen atoms in total. The summed E-state index contributed by atoms with van der Waals surface area (Å²) in [6, 6.07) is 13.5. The average molecular weight is 451 g/mol. The van der Waals surface area contributed by atoms with Crippen LogP contribution in [0.25, 0.3) is 0 Å². The number of carbonyl (C=O) groups excluding carboxylic acids is 1. The number of para-hydroxylation sites is 1. The molecule has 1 aliphatic heterocycles. The van der Waals surface area contributed by atoms with Crippen LogP contribution in [0, 0.1) is 0 Å². The SMILES string of the molecule is COc1ccccc1CN1CCC(NC(=O)CCCOc2ccc(Cl)cc2Cl)CC1. The third kappa shape index (κ3) is 6.79. The van der Waals surface area contributed by atoms with E-state index in [1.54, 1.807) is 25.3 Å². The Morgan fingerprint density at radius 3 is 2.63 bits per heavy atom. The second-order valence-electron chi connectivity index (χ2n) is 7.46. The lowest BCUT2D eigenvalue weighted by Crippen LogP contribution is -2.44. The molecule has 1 N–H and O–H groups in total. The van der Waals surface area contributed by atoms with Crippen LogP contribution in [-0.4, -0.2) is 43.7 Å². The topological polar surface area (TPSA) is 50.8 Å². The van der Waals surface area contributed by atoms with Crippen LogP contribution in [0.15, 0.2) is 42.5 Å². The number of carbonyl (C=O) groups is 1. The van der Waals surface area contributed by atoms with Crippen LogP contribution in [0.3, 0.4) is 0 Å². The van der Waals surface area contributed by atoms with Crippen molar-refractivity contribution in [3.63, 3.8) is 0 Å². The Hall–Kier alpha value is -1.95. The maximum Gasteiger partial charge on any atom is 0.220 e. The molecule has 2 aromatic carbocycles. The molecule has 1 fully saturated rings. The van der Waals surface area contributed by atoms with Crippen LogP contribution < -0.4 is 14.8 Å². The van der Waals surface area contributed by atoms with E-state index in [1.165, 1.54) is 5.56 Å². The lowest BCUT2D eigenvalue weighted by Gasteiger charge is -2.32. The fraction of sp³-hybridized carbons (Fsp3) is 0.435. The number of methoxy groups -OCH3 is 1. The first-order chi connectivity index (χ1) is 14.5. The quantitative estimate of drug-likeness (QED) is 0.549. The van der Waals surface area contributed by atoms with Crippen molar-refractivity contribution in [1.29, 1.82) is 0 Å². The van der Waals surface area contributed by atoms with E-state index in [4.69, 9.17) is 32.7 Å². The summed E-state index contributed by atoms with van der Waals surface area (Å²) >= 11 is 12.0. The van der Waals surface area contributed by atoms with Gasteiger partial charge in [0, 0.05) is 42.7 Å². The molecular weight excluding hydrogens is 423 g/mol. The monoisotopic (exact) mass is 450 g/mol. The molecule has 162 valence electrons. The van der Waals surface area contributed by atoms with E-state index in [1.807, 2.05) is 18.2 Å². The van der Waals surface area contributed by atoms with E-state index >= 15 is 0 Å². The first-order valence-electron chi connectivity index (χ1n) is 10.3. The molecule has 1 amide bonds. The van der Waals surface area contributed by atoms with E-state index in [9.17, 15) is 4.79 Å². The van der Waals surface area contributed by atoms with Gasteiger partial charge < -0.3 is 14.8 Å². The Morgan fingerprint density at radius 1 is 1.13 bits per heavy atom. The summed E-state index contributed by atoms with van der Waals surface area (Å²) < 4.78 is 11.1. The van der Waals surface area contributed by atoms with Crippen molar-refractivity contribution in [2.24, 2.45) is 0 Å². The van der Waals surface area contributed by atoms with Crippen LogP contribution in [-0.2, 0) is 11.3 Å². The van der Waals surface area contributed by atoms with Crippen molar-refractivity contribution in [3.05, 3.63) is 58.1 Å². The summed E-state index contributed by atoms with van der Waals surface area (Å²) in [4.78, 5) is 14.7. The van der Waals surface area contributed by atoms with Crippen molar-refractivity contribution in [2.45, 2.75) is 38.3 Å². The van der Waals surface area contributed by atoms with Crippen molar-refractivity contribution in [2.75, 3.05) is 26.8 Å². The Morgan fingerprint density at radius 2 is 1.90 bits per heavy atom. The normalized spacial score (nSPS) is 15.0. The first kappa shape index (κ1) is 22.7. The number of nitrogens with zero attached hydrogens (tertiary/aromatic N) is 1. The number of piperidine rings is 1. The molecule has 1 heterocycles. The average Bonchev–Trinajstić information content (AvgIpc) is 2.74. The summed E-state index contributed by atoms with van der Waals surface area (Å²) in [5, 5.41) is 4.20. The molecule has 2 aromatic rings. The Kier molecular flexibility index (Phi) is 8.67. The molecule has 3 rings (SSSR count). The molecule has 0 aliphatic carbocycles. The molecule has 0 aromatic heterocycles. The summed E-state index contributed by atoms with van der Waals surface area (Å²) in [5.41, 5.74) is 1.20. The van der Waals surface area contributed by atoms with Gasteiger partial charge in [0.15, 0.2) is 0 Å². The van der Waals surface area contributed by atoms with Gasteiger partial charge in [0.2, 0.25) is 5.91 Å². The number of ether oxygens (including phenoxy) is 2. The molecule has 0 saturated carbocycles. The number of likely N-dealkylation sites (tertiary alicyclic amines) is 1. The van der Waals surface area contributed by atoms with Crippen LogP contribution in [0.4, 0.5) is 0 Å². The second-order valence-corrected chi connectivity index (χ2v) is 8.30. The molecule has 1 saturated heterocycles. The lowest BCUT2D eigenvalue weighted by atomic mass is 10.0. The van der Waals surface area contributed by atoms with Crippen LogP contribution in [0.1, 0.15) is 31.2 Å². The van der Waals surface area contributed by atoms with Gasteiger partial charge in [-0.15, -0.1) is 0 Å². The molecular formula is C23H28Cl2N2O3. The zero-order valence-electron chi connectivity index (χ0n) is 17.2. The lowest BCUT2D eigenvalue weighted by molar-refractivity contribution is -0.122. The zero-order chi connectivity index (χ0) is 21.3. The predicted octanol–water partition coefficient (Wildman–Crippen LogP) is 4.94. The highest BCUT2D eigenvalue weighted by Gasteiger charge is 2.21. The Bertz CT molecular complexity index is 839. The number of amides is 1. The number of hydrogen-bond acceptors (Lipinski definition) is 4. The minimum Gasteiger partial charge on any atom is -0.496 e. The van der Waals surface area contributed by atoms with Gasteiger partial charge in [0.1, 0.15) is 11.5 Å². The summed E-state index contributed by atoms with van der Waals surface area (Å²) in [5.74, 6) is 1.59. The zero-order valence-corrected chi connectivity index (χ0v) is 18.7. The van der Waals surface area contributed by atoms with Crippen molar-refractivity contribution in [3.8, 4) is 11.5 Å². The van der Waals surface area contributed by atoms with E-state index in [2.05, 4.69) is 16.3 Å². The van der Waals surface area contributed by atoms with Crippen molar-refractivity contribution in [1.82, 2.24) is 10.2 Å². The number of benzene rings is 2. The first-order valence-corrected chi connectivity index (χ1v) is 11.0. The minimum atomic E-state index is 0.0731.